The van der Waals surface area contributed by atoms with Gasteiger partial charge in [-0.25, -0.2) is 0 Å². The van der Waals surface area contributed by atoms with Gasteiger partial charge in [0.2, 0.25) is 5.89 Å². The lowest BCUT2D eigenvalue weighted by Gasteiger charge is -2.29. The van der Waals surface area contributed by atoms with E-state index in [0.29, 0.717) is 31.4 Å². The lowest BCUT2D eigenvalue weighted by Crippen LogP contribution is -2.43. The van der Waals surface area contributed by atoms with E-state index in [2.05, 4.69) is 15.0 Å². The average Bonchev–Trinajstić information content (AvgIpc) is 3.20. The Kier molecular flexibility index (Phi) is 4.84. The fraction of sp³-hybridized carbons (Fsp3) is 0.857. The van der Waals surface area contributed by atoms with E-state index in [9.17, 15) is 5.11 Å². The van der Waals surface area contributed by atoms with Gasteiger partial charge in [0, 0.05) is 32.1 Å². The summed E-state index contributed by atoms with van der Waals surface area (Å²) in [5, 5.41) is 14.2. The lowest BCUT2D eigenvalue weighted by molar-refractivity contribution is 0.00773. The highest BCUT2D eigenvalue weighted by molar-refractivity contribution is 5.03. The van der Waals surface area contributed by atoms with Crippen LogP contribution in [0.1, 0.15) is 30.5 Å². The summed E-state index contributed by atoms with van der Waals surface area (Å²) < 4.78 is 10.6. The first kappa shape index (κ1) is 14.9. The molecule has 1 aliphatic heterocycles. The molecule has 0 aromatic carbocycles. The molecule has 3 rings (SSSR count). The molecule has 1 aromatic heterocycles. The number of aromatic nitrogens is 2. The van der Waals surface area contributed by atoms with E-state index in [0.717, 1.165) is 32.1 Å². The molecule has 1 N–H and O–H groups in total. The summed E-state index contributed by atoms with van der Waals surface area (Å²) in [6.45, 7) is 5.18. The van der Waals surface area contributed by atoms with Gasteiger partial charge >= 0.3 is 0 Å². The highest BCUT2D eigenvalue weighted by Gasteiger charge is 2.29. The number of hydrogen-bond acceptors (Lipinski definition) is 7. The minimum Gasteiger partial charge on any atom is -0.390 e. The molecule has 1 saturated heterocycles. The highest BCUT2D eigenvalue weighted by Crippen LogP contribution is 2.38. The van der Waals surface area contributed by atoms with Crippen LogP contribution in [0.15, 0.2) is 4.52 Å². The summed E-state index contributed by atoms with van der Waals surface area (Å²) in [7, 11) is 1.96. The van der Waals surface area contributed by atoms with Crippen molar-refractivity contribution in [3.05, 3.63) is 11.7 Å². The van der Waals surface area contributed by atoms with E-state index in [1.165, 1.54) is 12.8 Å². The second kappa shape index (κ2) is 6.83. The minimum absolute atomic E-state index is 0.376. The summed E-state index contributed by atoms with van der Waals surface area (Å²) in [6.07, 6.45) is 1.97. The number of likely N-dealkylation sites (N-methyl/N-ethyl adjacent to an activating group) is 1. The Morgan fingerprint density at radius 3 is 2.86 bits per heavy atom. The quantitative estimate of drug-likeness (QED) is 0.763. The molecule has 2 fully saturated rings. The molecule has 0 bridgehead atoms. The molecular formula is C14H24N4O3. The maximum Gasteiger partial charge on any atom is 0.240 e. The van der Waals surface area contributed by atoms with Crippen molar-refractivity contribution in [2.75, 3.05) is 46.4 Å². The van der Waals surface area contributed by atoms with Gasteiger partial charge in [-0.2, -0.15) is 4.98 Å². The zero-order valence-corrected chi connectivity index (χ0v) is 12.6. The number of nitrogens with zero attached hydrogens (tertiary/aromatic N) is 4. The molecular weight excluding hydrogens is 272 g/mol. The van der Waals surface area contributed by atoms with Crippen LogP contribution in [0.4, 0.5) is 0 Å². The number of ether oxygens (including phenoxy) is 1. The third kappa shape index (κ3) is 4.47. The number of aliphatic hydroxyl groups is 1. The van der Waals surface area contributed by atoms with E-state index in [-0.39, 0.29) is 6.10 Å². The zero-order valence-electron chi connectivity index (χ0n) is 12.6. The van der Waals surface area contributed by atoms with Crippen LogP contribution < -0.4 is 0 Å². The standard InChI is InChI=1S/C14H24N4O3/c1-17(8-12(19)9-18-4-6-20-7-5-18)10-13-15-14(16-21-13)11-2-3-11/h11-12,19H,2-10H2,1H3. The molecule has 0 amide bonds. The Balaban J connectivity index is 1.40. The molecule has 1 aliphatic carbocycles. The summed E-state index contributed by atoms with van der Waals surface area (Å²) in [5.41, 5.74) is 0. The Hall–Kier alpha value is -1.02. The van der Waals surface area contributed by atoms with E-state index in [1.807, 2.05) is 11.9 Å². The van der Waals surface area contributed by atoms with Gasteiger partial charge in [-0.05, 0) is 19.9 Å². The molecule has 7 heteroatoms. The zero-order chi connectivity index (χ0) is 14.7. The third-order valence-corrected chi connectivity index (χ3v) is 3.93. The molecule has 0 spiro atoms. The second-order valence-electron chi connectivity index (χ2n) is 6.08. The Bertz CT molecular complexity index is 443. The molecule has 1 atom stereocenters. The summed E-state index contributed by atoms with van der Waals surface area (Å²) >= 11 is 0. The van der Waals surface area contributed by atoms with Crippen molar-refractivity contribution in [3.63, 3.8) is 0 Å². The van der Waals surface area contributed by atoms with Crippen LogP contribution in [0.2, 0.25) is 0 Å². The van der Waals surface area contributed by atoms with E-state index in [4.69, 9.17) is 9.26 Å². The van der Waals surface area contributed by atoms with Crippen molar-refractivity contribution in [3.8, 4) is 0 Å². The minimum atomic E-state index is -0.376. The summed E-state index contributed by atoms with van der Waals surface area (Å²) in [6, 6.07) is 0. The van der Waals surface area contributed by atoms with E-state index in [1.54, 1.807) is 0 Å². The Morgan fingerprint density at radius 1 is 1.38 bits per heavy atom. The largest absolute Gasteiger partial charge is 0.390 e. The van der Waals surface area contributed by atoms with Crippen molar-refractivity contribution in [1.82, 2.24) is 19.9 Å². The molecule has 0 radical (unpaired) electrons. The predicted octanol–water partition coefficient (Wildman–Crippen LogP) is 0.0719. The van der Waals surface area contributed by atoms with Crippen LogP contribution in [-0.2, 0) is 11.3 Å². The van der Waals surface area contributed by atoms with Gasteiger partial charge < -0.3 is 14.4 Å². The van der Waals surface area contributed by atoms with Gasteiger partial charge in [0.15, 0.2) is 5.82 Å². The summed E-state index contributed by atoms with van der Waals surface area (Å²) in [4.78, 5) is 8.67. The maximum absolute atomic E-state index is 10.2. The third-order valence-electron chi connectivity index (χ3n) is 3.93. The fourth-order valence-electron chi connectivity index (χ4n) is 2.63. The van der Waals surface area contributed by atoms with Gasteiger partial charge in [0.05, 0.1) is 25.9 Å². The smallest absolute Gasteiger partial charge is 0.240 e. The number of morpholine rings is 1. The van der Waals surface area contributed by atoms with Gasteiger partial charge in [-0.1, -0.05) is 5.16 Å². The van der Waals surface area contributed by atoms with Crippen LogP contribution >= 0.6 is 0 Å². The monoisotopic (exact) mass is 296 g/mol. The normalized spacial score (nSPS) is 21.9. The number of aliphatic hydroxyl groups excluding tert-OH is 1. The molecule has 1 saturated carbocycles. The number of β-amino-alcohol motifs (C(OH)–C–C–N with tert-alkyl or cyclic N) is 1. The first-order chi connectivity index (χ1) is 10.2. The van der Waals surface area contributed by atoms with Crippen molar-refractivity contribution < 1.29 is 14.4 Å². The Morgan fingerprint density at radius 2 is 2.14 bits per heavy atom. The van der Waals surface area contributed by atoms with E-state index < -0.39 is 0 Å². The van der Waals surface area contributed by atoms with Crippen LogP contribution in [0.3, 0.4) is 0 Å². The molecule has 7 nitrogen and oxygen atoms in total. The van der Waals surface area contributed by atoms with Crippen LogP contribution in [-0.4, -0.2) is 77.6 Å². The van der Waals surface area contributed by atoms with Crippen LogP contribution in [0.25, 0.3) is 0 Å². The second-order valence-corrected chi connectivity index (χ2v) is 6.08. The molecule has 1 aromatic rings. The molecule has 2 heterocycles. The van der Waals surface area contributed by atoms with Gasteiger partial charge in [-0.15, -0.1) is 0 Å². The van der Waals surface area contributed by atoms with Gasteiger partial charge in [0.1, 0.15) is 0 Å². The summed E-state index contributed by atoms with van der Waals surface area (Å²) in [5.74, 6) is 1.99. The molecule has 21 heavy (non-hydrogen) atoms. The lowest BCUT2D eigenvalue weighted by atomic mass is 10.3. The van der Waals surface area contributed by atoms with Crippen molar-refractivity contribution in [1.29, 1.82) is 0 Å². The van der Waals surface area contributed by atoms with E-state index >= 15 is 0 Å². The first-order valence-corrected chi connectivity index (χ1v) is 7.70. The van der Waals surface area contributed by atoms with Gasteiger partial charge in [0.25, 0.3) is 0 Å². The average molecular weight is 296 g/mol. The number of rotatable bonds is 7. The predicted molar refractivity (Wildman–Crippen MR) is 75.9 cm³/mol. The highest BCUT2D eigenvalue weighted by atomic mass is 16.5. The van der Waals surface area contributed by atoms with Gasteiger partial charge in [-0.3, -0.25) is 9.80 Å². The SMILES string of the molecule is CN(Cc1nc(C2CC2)no1)CC(O)CN1CCOCC1. The first-order valence-electron chi connectivity index (χ1n) is 7.70. The molecule has 1 unspecified atom stereocenters. The Labute approximate surface area is 124 Å². The van der Waals surface area contributed by atoms with Crippen molar-refractivity contribution in [2.45, 2.75) is 31.4 Å². The van der Waals surface area contributed by atoms with Crippen LogP contribution in [0, 0.1) is 0 Å². The number of hydrogen-bond donors (Lipinski definition) is 1. The molecule has 2 aliphatic rings. The maximum atomic E-state index is 10.2. The molecule has 118 valence electrons. The topological polar surface area (TPSA) is 74.9 Å². The van der Waals surface area contributed by atoms with Crippen molar-refractivity contribution >= 4 is 0 Å². The fourth-order valence-corrected chi connectivity index (χ4v) is 2.63. The van der Waals surface area contributed by atoms with Crippen molar-refractivity contribution in [2.24, 2.45) is 0 Å². The van der Waals surface area contributed by atoms with Crippen LogP contribution in [0.5, 0.6) is 0 Å².